The lowest BCUT2D eigenvalue weighted by molar-refractivity contribution is 0.658. The Kier molecular flexibility index (Phi) is 10.8. The molecular weight excluding hydrogens is 1010 g/mol. The summed E-state index contributed by atoms with van der Waals surface area (Å²) >= 11 is 0. The van der Waals surface area contributed by atoms with Crippen molar-refractivity contribution in [3.05, 3.63) is 344 Å². The normalized spacial score (nSPS) is 15.7. The van der Waals surface area contributed by atoms with E-state index >= 15 is 0 Å². The number of hydrogen-bond donors (Lipinski definition) is 0. The molecule has 0 amide bonds. The minimum Gasteiger partial charge on any atom is -0.310 e. The Morgan fingerprint density at radius 2 is 0.548 bits per heavy atom. The van der Waals surface area contributed by atoms with Crippen molar-refractivity contribution >= 4 is 44.9 Å². The summed E-state index contributed by atoms with van der Waals surface area (Å²) < 4.78 is 0. The summed E-state index contributed by atoms with van der Waals surface area (Å²) in [5.74, 6) is 0. The van der Waals surface area contributed by atoms with Crippen molar-refractivity contribution in [3.8, 4) is 22.3 Å². The van der Waals surface area contributed by atoms with E-state index in [1.165, 1.54) is 145 Å². The first-order valence-corrected chi connectivity index (χ1v) is 30.0. The first-order chi connectivity index (χ1) is 40.8. The van der Waals surface area contributed by atoms with Crippen LogP contribution < -0.4 is 9.80 Å². The highest BCUT2D eigenvalue weighted by Gasteiger charge is 2.51. The van der Waals surface area contributed by atoms with Crippen molar-refractivity contribution in [2.75, 3.05) is 9.80 Å². The van der Waals surface area contributed by atoms with E-state index in [1.54, 1.807) is 0 Å². The second kappa shape index (κ2) is 18.0. The fraction of sp³-hybridized carbons (Fsp3) is 0.146. The second-order valence-corrected chi connectivity index (χ2v) is 25.6. The zero-order chi connectivity index (χ0) is 57.0. The second-order valence-electron chi connectivity index (χ2n) is 25.6. The molecule has 0 unspecified atom stereocenters. The molecule has 12 aromatic rings. The molecule has 2 nitrogen and oxygen atoms in total. The summed E-state index contributed by atoms with van der Waals surface area (Å²) in [6.07, 6.45) is 0. The van der Waals surface area contributed by atoms with Gasteiger partial charge in [-0.1, -0.05) is 244 Å². The Labute approximate surface area is 495 Å². The summed E-state index contributed by atoms with van der Waals surface area (Å²) in [7, 11) is 0. The molecule has 4 aliphatic rings. The van der Waals surface area contributed by atoms with Crippen molar-refractivity contribution in [1.82, 2.24) is 0 Å². The largest absolute Gasteiger partial charge is 0.310 e. The number of anilines is 6. The van der Waals surface area contributed by atoms with Gasteiger partial charge in [-0.25, -0.2) is 0 Å². The van der Waals surface area contributed by atoms with Crippen LogP contribution in [0.25, 0.3) is 33.0 Å². The number of fused-ring (bicyclic) bond motifs is 11. The Morgan fingerprint density at radius 3 is 0.893 bits per heavy atom. The lowest BCUT2D eigenvalue weighted by Gasteiger charge is -2.47. The van der Waals surface area contributed by atoms with E-state index in [0.29, 0.717) is 0 Å². The molecule has 0 radical (unpaired) electrons. The van der Waals surface area contributed by atoms with Gasteiger partial charge in [-0.05, 0) is 188 Å². The minimum atomic E-state index is -0.623. The van der Waals surface area contributed by atoms with Gasteiger partial charge in [0.25, 0.3) is 0 Å². The quantitative estimate of drug-likeness (QED) is 0.164. The third kappa shape index (κ3) is 6.86. The lowest BCUT2D eigenvalue weighted by atomic mass is 9.61. The van der Waals surface area contributed by atoms with Crippen LogP contribution in [-0.2, 0) is 21.7 Å². The van der Waals surface area contributed by atoms with Crippen LogP contribution in [0.3, 0.4) is 0 Å². The average Bonchev–Trinajstić information content (AvgIpc) is 1.14. The van der Waals surface area contributed by atoms with Gasteiger partial charge >= 0.3 is 0 Å². The SMILES string of the molecule is Cc1ccc(C2(c3ccc(C)cc3)c3ccccc3N(c3ccc4cc(N5c6ccccc6C(c6ccc(C)cc6)(c6ccc(C)cc6)c6cc7c(cc65)C(C)(C)c5ccccc5-7)ccc4c3)c3cc4c(cc32)-c2ccccc2C4(C)C)cc1. The highest BCUT2D eigenvalue weighted by Crippen LogP contribution is 2.64. The van der Waals surface area contributed by atoms with Gasteiger partial charge in [-0.2, -0.15) is 0 Å². The molecule has 2 aliphatic heterocycles. The van der Waals surface area contributed by atoms with Crippen LogP contribution in [0, 0.1) is 27.7 Å². The van der Waals surface area contributed by atoms with Gasteiger partial charge < -0.3 is 9.80 Å². The summed E-state index contributed by atoms with van der Waals surface area (Å²) in [4.78, 5) is 5.15. The summed E-state index contributed by atoms with van der Waals surface area (Å²) in [5, 5.41) is 2.37. The number of benzene rings is 12. The molecule has 12 aromatic carbocycles. The molecule has 0 fully saturated rings. The van der Waals surface area contributed by atoms with E-state index in [-0.39, 0.29) is 10.8 Å². The fourth-order valence-corrected chi connectivity index (χ4v) is 15.8. The van der Waals surface area contributed by atoms with Gasteiger partial charge in [0.2, 0.25) is 0 Å². The number of hydrogen-bond acceptors (Lipinski definition) is 2. The molecular formula is C82H66N2. The molecule has 0 saturated heterocycles. The van der Waals surface area contributed by atoms with Crippen molar-refractivity contribution in [2.45, 2.75) is 77.0 Å². The number of rotatable bonds is 6. The molecule has 0 N–H and O–H groups in total. The lowest BCUT2D eigenvalue weighted by Crippen LogP contribution is -2.38. The molecule has 84 heavy (non-hydrogen) atoms. The van der Waals surface area contributed by atoms with Gasteiger partial charge in [0.05, 0.1) is 33.6 Å². The molecule has 0 bridgehead atoms. The molecule has 0 atom stereocenters. The van der Waals surface area contributed by atoms with Crippen molar-refractivity contribution < 1.29 is 0 Å². The van der Waals surface area contributed by atoms with Crippen molar-refractivity contribution in [1.29, 1.82) is 0 Å². The maximum atomic E-state index is 2.57. The van der Waals surface area contributed by atoms with Gasteiger partial charge in [0.1, 0.15) is 0 Å². The fourth-order valence-electron chi connectivity index (χ4n) is 15.8. The maximum absolute atomic E-state index is 2.57. The number of nitrogens with zero attached hydrogens (tertiary/aromatic N) is 2. The van der Waals surface area contributed by atoms with Crippen LogP contribution in [0.15, 0.2) is 255 Å². The van der Waals surface area contributed by atoms with Gasteiger partial charge in [-0.15, -0.1) is 0 Å². The molecule has 404 valence electrons. The summed E-state index contributed by atoms with van der Waals surface area (Å²) in [6, 6.07) is 98.5. The van der Waals surface area contributed by atoms with Crippen LogP contribution in [-0.4, -0.2) is 0 Å². The molecule has 16 rings (SSSR count). The number of para-hydroxylation sites is 2. The van der Waals surface area contributed by atoms with E-state index in [2.05, 4.69) is 320 Å². The zero-order valence-electron chi connectivity index (χ0n) is 49.1. The van der Waals surface area contributed by atoms with E-state index < -0.39 is 10.8 Å². The molecule has 2 heteroatoms. The van der Waals surface area contributed by atoms with E-state index in [9.17, 15) is 0 Å². The van der Waals surface area contributed by atoms with Crippen LogP contribution in [0.1, 0.15) is 117 Å². The summed E-state index contributed by atoms with van der Waals surface area (Å²) in [6.45, 7) is 18.4. The molecule has 2 heterocycles. The Bertz CT molecular complexity index is 4300. The van der Waals surface area contributed by atoms with Crippen LogP contribution >= 0.6 is 0 Å². The maximum Gasteiger partial charge on any atom is 0.0742 e. The first-order valence-electron chi connectivity index (χ1n) is 30.0. The van der Waals surface area contributed by atoms with Crippen molar-refractivity contribution in [2.24, 2.45) is 0 Å². The van der Waals surface area contributed by atoms with Gasteiger partial charge in [0, 0.05) is 22.2 Å². The molecule has 0 spiro atoms. The summed E-state index contributed by atoms with van der Waals surface area (Å²) in [5.41, 5.74) is 31.2. The third-order valence-electron chi connectivity index (χ3n) is 20.0. The smallest absolute Gasteiger partial charge is 0.0742 e. The molecule has 2 aliphatic carbocycles. The van der Waals surface area contributed by atoms with Crippen LogP contribution in [0.4, 0.5) is 34.1 Å². The number of aryl methyl sites for hydroxylation is 4. The van der Waals surface area contributed by atoms with Crippen LogP contribution in [0.5, 0.6) is 0 Å². The third-order valence-corrected chi connectivity index (χ3v) is 20.0. The zero-order valence-corrected chi connectivity index (χ0v) is 49.1. The molecule has 0 aromatic heterocycles. The highest BCUT2D eigenvalue weighted by atomic mass is 15.2. The van der Waals surface area contributed by atoms with Gasteiger partial charge in [0.15, 0.2) is 0 Å². The predicted molar refractivity (Wildman–Crippen MR) is 351 cm³/mol. The van der Waals surface area contributed by atoms with Gasteiger partial charge in [-0.3, -0.25) is 0 Å². The highest BCUT2D eigenvalue weighted by molar-refractivity contribution is 6.00. The van der Waals surface area contributed by atoms with E-state index in [4.69, 9.17) is 0 Å². The average molecular weight is 1080 g/mol. The standard InChI is InChI=1S/C82H66N2/c1-51-25-35-57(36-26-51)81(58-37-27-52(2)28-38-58)69-21-13-15-23-75(69)83(77-49-71-65(47-73(77)81)63-17-9-11-19-67(63)79(71,5)6)61-43-33-56-46-62(44-34-55(56)45-61)84-76-24-16-14-22-70(76)82(59-39-29-53(3)30-40-59,60-41-31-54(4)32-42-60)74-48-66-64-18-10-12-20-68(64)80(7,8)72(66)50-78(74)84/h9-50H,1-8H3. The Hall–Kier alpha value is -9.50. The minimum absolute atomic E-state index is 0.203. The topological polar surface area (TPSA) is 6.48 Å². The van der Waals surface area contributed by atoms with Crippen LogP contribution in [0.2, 0.25) is 0 Å². The Balaban J connectivity index is 0.916. The monoisotopic (exact) mass is 1080 g/mol. The van der Waals surface area contributed by atoms with E-state index in [1.807, 2.05) is 0 Å². The predicted octanol–water partition coefficient (Wildman–Crippen LogP) is 21.0. The first kappa shape index (κ1) is 50.2. The molecule has 0 saturated carbocycles. The Morgan fingerprint density at radius 1 is 0.238 bits per heavy atom. The van der Waals surface area contributed by atoms with E-state index in [0.717, 1.165) is 11.4 Å². The van der Waals surface area contributed by atoms with Crippen molar-refractivity contribution in [3.63, 3.8) is 0 Å².